The lowest BCUT2D eigenvalue weighted by Gasteiger charge is -2.31. The van der Waals surface area contributed by atoms with Crippen LogP contribution in [0.15, 0.2) is 24.8 Å². The van der Waals surface area contributed by atoms with Gasteiger partial charge in [-0.15, -0.1) is 0 Å². The Balaban J connectivity index is 1.70. The summed E-state index contributed by atoms with van der Waals surface area (Å²) in [5, 5.41) is 17.2. The number of carbonyl (C=O) groups excluding carboxylic acids is 1. The van der Waals surface area contributed by atoms with Gasteiger partial charge in [-0.05, 0) is 0 Å². The second kappa shape index (κ2) is 5.18. The van der Waals surface area contributed by atoms with Crippen LogP contribution in [-0.4, -0.2) is 51.0 Å². The first-order chi connectivity index (χ1) is 9.68. The fraction of sp³-hybridized carbons (Fsp3) is 0.462. The van der Waals surface area contributed by atoms with Gasteiger partial charge >= 0.3 is 0 Å². The summed E-state index contributed by atoms with van der Waals surface area (Å²) in [7, 11) is 0. The zero-order valence-electron chi connectivity index (χ0n) is 11.0. The Morgan fingerprint density at radius 3 is 3.05 bits per heavy atom. The number of fused-ring (bicyclic) bond motifs is 1. The highest BCUT2D eigenvalue weighted by molar-refractivity contribution is 6.00. The highest BCUT2D eigenvalue weighted by Gasteiger charge is 2.30. The van der Waals surface area contributed by atoms with Gasteiger partial charge in [-0.1, -0.05) is 0 Å². The van der Waals surface area contributed by atoms with Gasteiger partial charge < -0.3 is 15.2 Å². The van der Waals surface area contributed by atoms with Crippen LogP contribution in [0.2, 0.25) is 0 Å². The summed E-state index contributed by atoms with van der Waals surface area (Å²) in [6.45, 7) is 1.26. The zero-order chi connectivity index (χ0) is 14.0. The Kier molecular flexibility index (Phi) is 3.37. The summed E-state index contributed by atoms with van der Waals surface area (Å²) < 4.78 is 6.80. The number of nitrogens with zero attached hydrogens (tertiary/aromatic N) is 3. The van der Waals surface area contributed by atoms with Gasteiger partial charge in [-0.2, -0.15) is 5.10 Å². The lowest BCUT2D eigenvalue weighted by Crippen LogP contribution is -2.46. The Labute approximate surface area is 115 Å². The van der Waals surface area contributed by atoms with Crippen molar-refractivity contribution >= 4 is 11.4 Å². The van der Waals surface area contributed by atoms with Crippen molar-refractivity contribution in [2.24, 2.45) is 0 Å². The number of rotatable bonds is 3. The predicted molar refractivity (Wildman–Crippen MR) is 70.3 cm³/mol. The van der Waals surface area contributed by atoms with E-state index < -0.39 is 5.60 Å². The van der Waals surface area contributed by atoms with E-state index in [2.05, 4.69) is 15.4 Å². The maximum atomic E-state index is 12.2. The van der Waals surface area contributed by atoms with E-state index in [1.807, 2.05) is 0 Å². The first-order valence-corrected chi connectivity index (χ1v) is 6.54. The highest BCUT2D eigenvalue weighted by atomic mass is 16.5. The highest BCUT2D eigenvalue weighted by Crippen LogP contribution is 2.19. The number of ether oxygens (including phenoxy) is 1. The Morgan fingerprint density at radius 2 is 2.25 bits per heavy atom. The molecule has 0 spiro atoms. The molecule has 1 aliphatic rings. The quantitative estimate of drug-likeness (QED) is 0.824. The minimum atomic E-state index is -0.880. The van der Waals surface area contributed by atoms with E-state index in [-0.39, 0.29) is 12.5 Å². The fourth-order valence-corrected chi connectivity index (χ4v) is 2.28. The van der Waals surface area contributed by atoms with Crippen molar-refractivity contribution in [3.8, 4) is 0 Å². The van der Waals surface area contributed by atoms with Crippen LogP contribution < -0.4 is 5.32 Å². The Bertz CT molecular complexity index is 619. The number of nitrogens with one attached hydrogen (secondary N) is 1. The van der Waals surface area contributed by atoms with Gasteiger partial charge in [0.15, 0.2) is 0 Å². The number of hydrogen-bond acceptors (Lipinski definition) is 5. The van der Waals surface area contributed by atoms with Gasteiger partial charge in [0, 0.05) is 45.0 Å². The molecule has 1 amide bonds. The molecule has 0 saturated carbocycles. The van der Waals surface area contributed by atoms with Crippen LogP contribution in [0.5, 0.6) is 0 Å². The standard InChI is InChI=1S/C13H16N4O3/c18-12(15-9-13(19)1-5-20-6-2-13)10-7-16-17-4-3-14-8-11(10)17/h3-4,7-8,19H,1-2,5-6,9H2,(H,15,18). The van der Waals surface area contributed by atoms with Crippen molar-refractivity contribution in [2.45, 2.75) is 18.4 Å². The summed E-state index contributed by atoms with van der Waals surface area (Å²) in [6.07, 6.45) is 7.43. The van der Waals surface area contributed by atoms with Crippen LogP contribution >= 0.6 is 0 Å². The maximum Gasteiger partial charge on any atom is 0.255 e. The van der Waals surface area contributed by atoms with E-state index in [1.165, 1.54) is 6.20 Å². The van der Waals surface area contributed by atoms with E-state index >= 15 is 0 Å². The smallest absolute Gasteiger partial charge is 0.255 e. The molecule has 0 bridgehead atoms. The first-order valence-electron chi connectivity index (χ1n) is 6.54. The lowest BCUT2D eigenvalue weighted by atomic mass is 9.94. The van der Waals surface area contributed by atoms with Crippen LogP contribution in [0, 0.1) is 0 Å². The Hall–Kier alpha value is -1.99. The summed E-state index contributed by atoms with van der Waals surface area (Å²) in [5.41, 5.74) is 0.215. The zero-order valence-corrected chi connectivity index (χ0v) is 11.0. The molecule has 1 saturated heterocycles. The van der Waals surface area contributed by atoms with E-state index in [0.717, 1.165) is 0 Å². The van der Waals surface area contributed by atoms with Crippen LogP contribution in [0.4, 0.5) is 0 Å². The van der Waals surface area contributed by atoms with E-state index in [1.54, 1.807) is 23.1 Å². The topological polar surface area (TPSA) is 88.8 Å². The molecule has 7 nitrogen and oxygen atoms in total. The number of carbonyl (C=O) groups is 1. The third kappa shape index (κ3) is 2.50. The molecule has 3 rings (SSSR count). The van der Waals surface area contributed by atoms with Crippen molar-refractivity contribution < 1.29 is 14.6 Å². The molecule has 106 valence electrons. The molecule has 0 radical (unpaired) electrons. The summed E-state index contributed by atoms with van der Waals surface area (Å²) in [5.74, 6) is -0.257. The van der Waals surface area contributed by atoms with Crippen LogP contribution in [0.25, 0.3) is 5.52 Å². The molecule has 0 atom stereocenters. The first kappa shape index (κ1) is 13.0. The molecule has 1 fully saturated rings. The van der Waals surface area contributed by atoms with Gasteiger partial charge in [0.05, 0.1) is 29.1 Å². The number of aliphatic hydroxyl groups is 1. The normalized spacial score (nSPS) is 18.1. The second-order valence-electron chi connectivity index (χ2n) is 4.98. The minimum absolute atomic E-state index is 0.215. The second-order valence-corrected chi connectivity index (χ2v) is 4.98. The monoisotopic (exact) mass is 276 g/mol. The average molecular weight is 276 g/mol. The van der Waals surface area contributed by atoms with Gasteiger partial charge in [0.1, 0.15) is 0 Å². The van der Waals surface area contributed by atoms with Crippen molar-refractivity contribution in [1.82, 2.24) is 19.9 Å². The molecule has 7 heteroatoms. The molecule has 0 aliphatic carbocycles. The number of aromatic nitrogens is 3. The van der Waals surface area contributed by atoms with Gasteiger partial charge in [-0.25, -0.2) is 4.52 Å². The molecule has 2 N–H and O–H groups in total. The Morgan fingerprint density at radius 1 is 1.45 bits per heavy atom. The van der Waals surface area contributed by atoms with E-state index in [4.69, 9.17) is 4.74 Å². The van der Waals surface area contributed by atoms with Gasteiger partial charge in [0.25, 0.3) is 5.91 Å². The molecule has 20 heavy (non-hydrogen) atoms. The van der Waals surface area contributed by atoms with Crippen LogP contribution in [0.1, 0.15) is 23.2 Å². The average Bonchev–Trinajstić information content (AvgIpc) is 2.90. The van der Waals surface area contributed by atoms with Crippen molar-refractivity contribution in [1.29, 1.82) is 0 Å². The molecule has 0 unspecified atom stereocenters. The lowest BCUT2D eigenvalue weighted by molar-refractivity contribution is -0.0605. The van der Waals surface area contributed by atoms with Gasteiger partial charge in [0.2, 0.25) is 0 Å². The molecular weight excluding hydrogens is 260 g/mol. The van der Waals surface area contributed by atoms with E-state index in [0.29, 0.717) is 37.1 Å². The molecule has 3 heterocycles. The van der Waals surface area contributed by atoms with Crippen molar-refractivity contribution in [2.75, 3.05) is 19.8 Å². The summed E-state index contributed by atoms with van der Waals surface area (Å²) >= 11 is 0. The summed E-state index contributed by atoms with van der Waals surface area (Å²) in [4.78, 5) is 16.2. The number of amides is 1. The van der Waals surface area contributed by atoms with Crippen LogP contribution in [0.3, 0.4) is 0 Å². The third-order valence-electron chi connectivity index (χ3n) is 3.57. The van der Waals surface area contributed by atoms with Crippen LogP contribution in [-0.2, 0) is 4.74 Å². The molecule has 2 aromatic heterocycles. The number of hydrogen-bond donors (Lipinski definition) is 2. The van der Waals surface area contributed by atoms with Crippen molar-refractivity contribution in [3.05, 3.63) is 30.4 Å². The predicted octanol–water partition coefficient (Wildman–Crippen LogP) is 0.000600. The van der Waals surface area contributed by atoms with Crippen molar-refractivity contribution in [3.63, 3.8) is 0 Å². The summed E-state index contributed by atoms with van der Waals surface area (Å²) in [6, 6.07) is 0. The molecular formula is C13H16N4O3. The third-order valence-corrected chi connectivity index (χ3v) is 3.57. The molecule has 0 aromatic carbocycles. The largest absolute Gasteiger partial charge is 0.388 e. The van der Waals surface area contributed by atoms with E-state index in [9.17, 15) is 9.90 Å². The SMILES string of the molecule is O=C(NCC1(O)CCOCC1)c1cnn2ccncc12. The molecule has 1 aliphatic heterocycles. The van der Waals surface area contributed by atoms with Gasteiger partial charge in [-0.3, -0.25) is 9.78 Å². The fourth-order valence-electron chi connectivity index (χ4n) is 2.28. The minimum Gasteiger partial charge on any atom is -0.388 e. The molecule has 2 aromatic rings. The maximum absolute atomic E-state index is 12.2.